The van der Waals surface area contributed by atoms with Crippen LogP contribution < -0.4 is 10.1 Å². The number of carbonyl (C=O) groups is 4. The summed E-state index contributed by atoms with van der Waals surface area (Å²) in [6.07, 6.45) is 1.47. The molecule has 0 radical (unpaired) electrons. The molecule has 11 heteroatoms. The zero-order chi connectivity index (χ0) is 23.4. The Morgan fingerprint density at radius 1 is 1.12 bits per heavy atom. The van der Waals surface area contributed by atoms with Crippen molar-refractivity contribution < 1.29 is 33.8 Å². The Kier molecular flexibility index (Phi) is 7.31. The van der Waals surface area contributed by atoms with E-state index in [2.05, 4.69) is 41.9 Å². The fourth-order valence-corrected chi connectivity index (χ4v) is 4.23. The lowest BCUT2D eigenvalue weighted by molar-refractivity contribution is -0.143. The molecule has 1 saturated heterocycles. The number of urea groups is 1. The van der Waals surface area contributed by atoms with Crippen molar-refractivity contribution in [2.45, 2.75) is 6.61 Å². The van der Waals surface area contributed by atoms with E-state index in [9.17, 15) is 19.2 Å². The molecule has 9 nitrogen and oxygen atoms in total. The Morgan fingerprint density at radius 3 is 2.31 bits per heavy atom. The van der Waals surface area contributed by atoms with Crippen molar-refractivity contribution in [3.63, 3.8) is 0 Å². The number of nitrogens with one attached hydrogen (secondary N) is 1. The standard InChI is InChI=1S/C21H16Br2N2O7/c1-31-17(26)9-25-19(27)16(24-21(25)30)8-12-6-14(22)18(15(23)7-12)32-10-11-2-4-13(5-3-11)20(28)29/h2-8H,9-10H2,1H3,(H,24,30)(H,28,29)/b16-8+. The van der Waals surface area contributed by atoms with Gasteiger partial charge in [-0.1, -0.05) is 12.1 Å². The number of carboxylic acid groups (broad SMARTS) is 1. The number of ether oxygens (including phenoxy) is 2. The second kappa shape index (κ2) is 9.96. The number of rotatable bonds is 7. The number of carbonyl (C=O) groups excluding carboxylic acids is 3. The lowest BCUT2D eigenvalue weighted by Crippen LogP contribution is -2.36. The minimum Gasteiger partial charge on any atom is -0.487 e. The van der Waals surface area contributed by atoms with E-state index in [4.69, 9.17) is 9.84 Å². The molecule has 0 atom stereocenters. The van der Waals surface area contributed by atoms with E-state index in [0.717, 1.165) is 10.5 Å². The van der Waals surface area contributed by atoms with Crippen LogP contribution in [0.5, 0.6) is 5.75 Å². The number of hydrogen-bond donors (Lipinski definition) is 2. The third kappa shape index (κ3) is 5.35. The summed E-state index contributed by atoms with van der Waals surface area (Å²) in [4.78, 5) is 47.5. The molecule has 2 aromatic rings. The summed E-state index contributed by atoms with van der Waals surface area (Å²) in [7, 11) is 1.17. The molecular formula is C21H16Br2N2O7. The number of aromatic carboxylic acids is 1. The van der Waals surface area contributed by atoms with Crippen molar-refractivity contribution in [2.24, 2.45) is 0 Å². The van der Waals surface area contributed by atoms with Gasteiger partial charge >= 0.3 is 18.0 Å². The molecule has 166 valence electrons. The molecule has 3 rings (SSSR count). The number of nitrogens with zero attached hydrogens (tertiary/aromatic N) is 1. The Morgan fingerprint density at radius 2 is 1.75 bits per heavy atom. The fraction of sp³-hybridized carbons (Fsp3) is 0.143. The average Bonchev–Trinajstić information content (AvgIpc) is 3.00. The molecule has 2 N–H and O–H groups in total. The van der Waals surface area contributed by atoms with E-state index < -0.39 is 30.4 Å². The number of amides is 3. The van der Waals surface area contributed by atoms with Crippen molar-refractivity contribution >= 4 is 61.8 Å². The minimum absolute atomic E-state index is 0.0184. The monoisotopic (exact) mass is 566 g/mol. The Hall–Kier alpha value is -3.18. The number of methoxy groups -OCH3 is 1. The first-order chi connectivity index (χ1) is 15.2. The van der Waals surface area contributed by atoms with Crippen molar-refractivity contribution in [1.82, 2.24) is 10.2 Å². The Bertz CT molecular complexity index is 1110. The Labute approximate surface area is 199 Å². The van der Waals surface area contributed by atoms with E-state index in [1.807, 2.05) is 0 Å². The van der Waals surface area contributed by atoms with Crippen LogP contribution in [-0.2, 0) is 20.9 Å². The maximum absolute atomic E-state index is 12.4. The van der Waals surface area contributed by atoms with Gasteiger partial charge in [0.15, 0.2) is 0 Å². The summed E-state index contributed by atoms with van der Waals surface area (Å²) in [5.74, 6) is -1.85. The topological polar surface area (TPSA) is 122 Å². The van der Waals surface area contributed by atoms with Gasteiger partial charge in [-0.15, -0.1) is 0 Å². The number of carboxylic acids is 1. The third-order valence-corrected chi connectivity index (χ3v) is 5.57. The molecule has 3 amide bonds. The number of esters is 1. The molecule has 1 aliphatic heterocycles. The normalized spacial score (nSPS) is 14.5. The van der Waals surface area contributed by atoms with E-state index in [1.165, 1.54) is 25.3 Å². The molecule has 0 unspecified atom stereocenters. The molecule has 2 aromatic carbocycles. The maximum atomic E-state index is 12.4. The van der Waals surface area contributed by atoms with Gasteiger partial charge in [-0.25, -0.2) is 14.5 Å². The highest BCUT2D eigenvalue weighted by Gasteiger charge is 2.35. The zero-order valence-corrected chi connectivity index (χ0v) is 19.7. The molecular weight excluding hydrogens is 552 g/mol. The second-order valence-electron chi connectivity index (χ2n) is 6.56. The highest BCUT2D eigenvalue weighted by Crippen LogP contribution is 2.36. The van der Waals surface area contributed by atoms with E-state index in [-0.39, 0.29) is 17.9 Å². The second-order valence-corrected chi connectivity index (χ2v) is 8.27. The summed E-state index contributed by atoms with van der Waals surface area (Å²) in [6, 6.07) is 9.01. The average molecular weight is 568 g/mol. The van der Waals surface area contributed by atoms with Crippen LogP contribution in [0.4, 0.5) is 4.79 Å². The van der Waals surface area contributed by atoms with Gasteiger partial charge in [0.1, 0.15) is 24.6 Å². The first-order valence-electron chi connectivity index (χ1n) is 9.05. The summed E-state index contributed by atoms with van der Waals surface area (Å²) in [5.41, 5.74) is 1.58. The molecule has 1 fully saturated rings. The van der Waals surface area contributed by atoms with E-state index >= 15 is 0 Å². The van der Waals surface area contributed by atoms with Crippen molar-refractivity contribution in [3.8, 4) is 5.75 Å². The molecule has 32 heavy (non-hydrogen) atoms. The maximum Gasteiger partial charge on any atom is 0.335 e. The SMILES string of the molecule is COC(=O)CN1C(=O)N/C(=C/c2cc(Br)c(OCc3ccc(C(=O)O)cc3)c(Br)c2)C1=O. The summed E-state index contributed by atoms with van der Waals surface area (Å²) < 4.78 is 11.5. The summed E-state index contributed by atoms with van der Waals surface area (Å²) >= 11 is 6.85. The molecule has 0 spiro atoms. The number of imide groups is 1. The highest BCUT2D eigenvalue weighted by atomic mass is 79.9. The van der Waals surface area contributed by atoms with E-state index in [0.29, 0.717) is 20.3 Å². The molecule has 0 saturated carbocycles. The number of hydrogen-bond acceptors (Lipinski definition) is 6. The van der Waals surface area contributed by atoms with Gasteiger partial charge in [0.2, 0.25) is 0 Å². The van der Waals surface area contributed by atoms with Gasteiger partial charge in [0.05, 0.1) is 21.6 Å². The van der Waals surface area contributed by atoms with Gasteiger partial charge in [-0.2, -0.15) is 0 Å². The largest absolute Gasteiger partial charge is 0.487 e. The molecule has 0 aromatic heterocycles. The van der Waals surface area contributed by atoms with Crippen LogP contribution in [0.1, 0.15) is 21.5 Å². The smallest absolute Gasteiger partial charge is 0.335 e. The van der Waals surface area contributed by atoms with Crippen LogP contribution in [0.25, 0.3) is 6.08 Å². The predicted octanol–water partition coefficient (Wildman–Crippen LogP) is 3.55. The molecule has 0 aliphatic carbocycles. The lowest BCUT2D eigenvalue weighted by atomic mass is 10.1. The minimum atomic E-state index is -1.00. The van der Waals surface area contributed by atoms with Crippen LogP contribution in [0, 0.1) is 0 Å². The van der Waals surface area contributed by atoms with Crippen LogP contribution in [-0.4, -0.2) is 47.5 Å². The van der Waals surface area contributed by atoms with Crippen LogP contribution >= 0.6 is 31.9 Å². The van der Waals surface area contributed by atoms with Crippen LogP contribution in [0.3, 0.4) is 0 Å². The van der Waals surface area contributed by atoms with Gasteiger partial charge < -0.3 is 19.9 Å². The zero-order valence-electron chi connectivity index (χ0n) is 16.6. The van der Waals surface area contributed by atoms with E-state index in [1.54, 1.807) is 24.3 Å². The predicted molar refractivity (Wildman–Crippen MR) is 120 cm³/mol. The van der Waals surface area contributed by atoms with Crippen molar-refractivity contribution in [3.05, 3.63) is 67.7 Å². The summed E-state index contributed by atoms with van der Waals surface area (Å²) in [5, 5.41) is 11.4. The van der Waals surface area contributed by atoms with Crippen LogP contribution in [0.2, 0.25) is 0 Å². The summed E-state index contributed by atoms with van der Waals surface area (Å²) in [6.45, 7) is -0.277. The van der Waals surface area contributed by atoms with Gasteiger partial charge in [0, 0.05) is 0 Å². The highest BCUT2D eigenvalue weighted by molar-refractivity contribution is 9.11. The Balaban J connectivity index is 1.74. The van der Waals surface area contributed by atoms with Crippen LogP contribution in [0.15, 0.2) is 51.0 Å². The lowest BCUT2D eigenvalue weighted by Gasteiger charge is -2.12. The van der Waals surface area contributed by atoms with Gasteiger partial charge in [0.25, 0.3) is 5.91 Å². The molecule has 1 heterocycles. The number of halogens is 2. The first-order valence-corrected chi connectivity index (χ1v) is 10.6. The number of benzene rings is 2. The van der Waals surface area contributed by atoms with Crippen molar-refractivity contribution in [1.29, 1.82) is 0 Å². The molecule has 0 bridgehead atoms. The quantitative estimate of drug-likeness (QED) is 0.298. The van der Waals surface area contributed by atoms with Gasteiger partial charge in [-0.3, -0.25) is 9.59 Å². The fourth-order valence-electron chi connectivity index (χ4n) is 2.78. The first kappa shape index (κ1) is 23.5. The molecule has 1 aliphatic rings. The van der Waals surface area contributed by atoms with Crippen molar-refractivity contribution in [2.75, 3.05) is 13.7 Å². The third-order valence-electron chi connectivity index (χ3n) is 4.39. The van der Waals surface area contributed by atoms with Gasteiger partial charge in [-0.05, 0) is 73.3 Å².